The summed E-state index contributed by atoms with van der Waals surface area (Å²) in [5.41, 5.74) is 0. The van der Waals surface area contributed by atoms with Crippen LogP contribution in [0.15, 0.2) is 12.2 Å². The molecule has 3 N–H and O–H groups in total. The summed E-state index contributed by atoms with van der Waals surface area (Å²) in [6.45, 7) is 3.95. The summed E-state index contributed by atoms with van der Waals surface area (Å²) < 4.78 is 0. The van der Waals surface area contributed by atoms with Crippen molar-refractivity contribution in [3.05, 3.63) is 12.2 Å². The first kappa shape index (κ1) is 18.7. The van der Waals surface area contributed by atoms with Gasteiger partial charge in [0.1, 0.15) is 6.10 Å². The molecule has 3 atom stereocenters. The van der Waals surface area contributed by atoms with Crippen LogP contribution in [-0.4, -0.2) is 33.6 Å². The highest BCUT2D eigenvalue weighted by molar-refractivity contribution is 5.31. The monoisotopic (exact) mass is 278 g/mol. The molecule has 0 fully saturated rings. The second kappa shape index (κ2) is 12.8. The Morgan fingerprint density at radius 3 is 2.40 bits per heavy atom. The van der Waals surface area contributed by atoms with E-state index < -0.39 is 18.3 Å². The Morgan fingerprint density at radius 2 is 1.75 bits per heavy atom. The summed E-state index contributed by atoms with van der Waals surface area (Å²) >= 11 is 0. The fraction of sp³-hybridized carbons (Fsp3) is 0.647. The third-order valence-electron chi connectivity index (χ3n) is 2.89. The highest BCUT2D eigenvalue weighted by Gasteiger charge is 2.13. The van der Waals surface area contributed by atoms with Gasteiger partial charge in [-0.3, -0.25) is 0 Å². The molecular weight excluding hydrogens is 252 g/mol. The van der Waals surface area contributed by atoms with Crippen molar-refractivity contribution in [3.8, 4) is 23.7 Å². The number of aliphatic hydroxyl groups excluding tert-OH is 3. The number of hydrogen-bond acceptors (Lipinski definition) is 3. The molecule has 0 aromatic carbocycles. The molecule has 0 aliphatic carbocycles. The first-order valence-corrected chi connectivity index (χ1v) is 7.32. The van der Waals surface area contributed by atoms with Crippen LogP contribution in [0.5, 0.6) is 0 Å². The van der Waals surface area contributed by atoms with E-state index >= 15 is 0 Å². The van der Waals surface area contributed by atoms with E-state index in [2.05, 4.69) is 30.6 Å². The van der Waals surface area contributed by atoms with Crippen LogP contribution in [0.2, 0.25) is 0 Å². The minimum atomic E-state index is -0.738. The number of aliphatic hydroxyl groups is 3. The molecule has 0 spiro atoms. The molecular formula is C17H26O3. The van der Waals surface area contributed by atoms with E-state index in [-0.39, 0.29) is 0 Å². The predicted octanol–water partition coefficient (Wildman–Crippen LogP) is 2.01. The van der Waals surface area contributed by atoms with E-state index in [1.807, 2.05) is 6.92 Å². The lowest BCUT2D eigenvalue weighted by molar-refractivity contribution is 0.0153. The van der Waals surface area contributed by atoms with E-state index in [1.165, 1.54) is 0 Å². The van der Waals surface area contributed by atoms with Crippen molar-refractivity contribution < 1.29 is 15.3 Å². The summed E-state index contributed by atoms with van der Waals surface area (Å²) in [5.74, 6) is 10.4. The van der Waals surface area contributed by atoms with Crippen LogP contribution in [0.4, 0.5) is 0 Å². The van der Waals surface area contributed by atoms with Crippen molar-refractivity contribution in [1.29, 1.82) is 0 Å². The van der Waals surface area contributed by atoms with Gasteiger partial charge in [0.25, 0.3) is 0 Å². The Bertz CT molecular complexity index is 379. The third kappa shape index (κ3) is 10.6. The SMILES string of the molecule is CCCCC[C@H](O)[C@@H](O)C/C=C\C#CC#C[C@H](O)CC. The minimum absolute atomic E-state index is 0.382. The van der Waals surface area contributed by atoms with Gasteiger partial charge in [-0.15, -0.1) is 0 Å². The molecule has 0 heterocycles. The lowest BCUT2D eigenvalue weighted by atomic mass is 10.0. The molecule has 0 amide bonds. The maximum absolute atomic E-state index is 9.71. The molecule has 0 unspecified atom stereocenters. The molecule has 0 aliphatic heterocycles. The van der Waals surface area contributed by atoms with E-state index in [0.717, 1.165) is 19.3 Å². The number of rotatable bonds is 8. The van der Waals surface area contributed by atoms with Crippen LogP contribution in [0.3, 0.4) is 0 Å². The molecule has 20 heavy (non-hydrogen) atoms. The van der Waals surface area contributed by atoms with Gasteiger partial charge in [0, 0.05) is 0 Å². The average molecular weight is 278 g/mol. The van der Waals surface area contributed by atoms with Gasteiger partial charge in [-0.2, -0.15) is 0 Å². The summed E-state index contributed by atoms with van der Waals surface area (Å²) in [6, 6.07) is 0. The van der Waals surface area contributed by atoms with Crippen LogP contribution in [-0.2, 0) is 0 Å². The molecule has 3 heteroatoms. The number of allylic oxidation sites excluding steroid dienone is 1. The Kier molecular flexibility index (Phi) is 12.0. The molecule has 0 aliphatic rings. The van der Waals surface area contributed by atoms with Gasteiger partial charge in [-0.05, 0) is 37.2 Å². The average Bonchev–Trinajstić information content (AvgIpc) is 2.45. The van der Waals surface area contributed by atoms with E-state index in [1.54, 1.807) is 12.2 Å². The predicted molar refractivity (Wildman–Crippen MR) is 81.8 cm³/mol. The van der Waals surface area contributed by atoms with Gasteiger partial charge in [0.2, 0.25) is 0 Å². The normalized spacial score (nSPS) is 14.8. The molecule has 0 saturated heterocycles. The highest BCUT2D eigenvalue weighted by atomic mass is 16.3. The van der Waals surface area contributed by atoms with E-state index in [4.69, 9.17) is 5.11 Å². The largest absolute Gasteiger partial charge is 0.390 e. The summed E-state index contributed by atoms with van der Waals surface area (Å²) in [6.07, 6.45) is 6.03. The van der Waals surface area contributed by atoms with Crippen molar-refractivity contribution in [1.82, 2.24) is 0 Å². The molecule has 112 valence electrons. The van der Waals surface area contributed by atoms with Crippen LogP contribution >= 0.6 is 0 Å². The summed E-state index contributed by atoms with van der Waals surface area (Å²) in [5, 5.41) is 28.6. The van der Waals surface area contributed by atoms with E-state index in [0.29, 0.717) is 19.3 Å². The lowest BCUT2D eigenvalue weighted by Gasteiger charge is -2.15. The van der Waals surface area contributed by atoms with E-state index in [9.17, 15) is 10.2 Å². The third-order valence-corrected chi connectivity index (χ3v) is 2.89. The van der Waals surface area contributed by atoms with Crippen LogP contribution in [0.25, 0.3) is 0 Å². The van der Waals surface area contributed by atoms with Crippen molar-refractivity contribution in [3.63, 3.8) is 0 Å². The maximum Gasteiger partial charge on any atom is 0.115 e. The summed E-state index contributed by atoms with van der Waals surface area (Å²) in [4.78, 5) is 0. The fourth-order valence-electron chi connectivity index (χ4n) is 1.52. The Hall–Kier alpha value is -1.26. The van der Waals surface area contributed by atoms with Gasteiger partial charge in [-0.1, -0.05) is 51.0 Å². The lowest BCUT2D eigenvalue weighted by Crippen LogP contribution is -2.25. The number of hydrogen-bond donors (Lipinski definition) is 3. The molecule has 0 aromatic rings. The fourth-order valence-corrected chi connectivity index (χ4v) is 1.52. The van der Waals surface area contributed by atoms with Gasteiger partial charge in [0.15, 0.2) is 0 Å². The smallest absolute Gasteiger partial charge is 0.115 e. The van der Waals surface area contributed by atoms with Gasteiger partial charge < -0.3 is 15.3 Å². The Morgan fingerprint density at radius 1 is 1.00 bits per heavy atom. The van der Waals surface area contributed by atoms with Crippen molar-refractivity contribution in [2.24, 2.45) is 0 Å². The molecule has 0 saturated carbocycles. The standard InChI is InChI=1S/C17H26O3/c1-3-5-9-13-16(19)17(20)14-11-8-6-7-10-12-15(18)4-2/h8,11,15-20H,3-5,9,13-14H2,1-2H3/b11-8-/t15-,16+,17+/m1/s1. The molecule has 0 radical (unpaired) electrons. The highest BCUT2D eigenvalue weighted by Crippen LogP contribution is 2.09. The first-order chi connectivity index (χ1) is 9.61. The Labute approximate surface area is 122 Å². The molecule has 3 nitrogen and oxygen atoms in total. The van der Waals surface area contributed by atoms with Crippen molar-refractivity contribution in [2.45, 2.75) is 70.7 Å². The zero-order valence-electron chi connectivity index (χ0n) is 12.5. The summed E-state index contributed by atoms with van der Waals surface area (Å²) in [7, 11) is 0. The molecule has 0 rings (SSSR count). The second-order valence-electron chi connectivity index (χ2n) is 4.73. The van der Waals surface area contributed by atoms with Gasteiger partial charge in [-0.25, -0.2) is 0 Å². The van der Waals surface area contributed by atoms with Crippen molar-refractivity contribution in [2.75, 3.05) is 0 Å². The maximum atomic E-state index is 9.71. The molecule has 0 bridgehead atoms. The van der Waals surface area contributed by atoms with Gasteiger partial charge >= 0.3 is 0 Å². The zero-order valence-corrected chi connectivity index (χ0v) is 12.5. The second-order valence-corrected chi connectivity index (χ2v) is 4.73. The first-order valence-electron chi connectivity index (χ1n) is 7.32. The Balaban J connectivity index is 3.93. The number of unbranched alkanes of at least 4 members (excludes halogenated alkanes) is 2. The van der Waals surface area contributed by atoms with Gasteiger partial charge in [0.05, 0.1) is 12.2 Å². The minimum Gasteiger partial charge on any atom is -0.390 e. The quantitative estimate of drug-likeness (QED) is 0.470. The van der Waals surface area contributed by atoms with Crippen LogP contribution in [0, 0.1) is 23.7 Å². The van der Waals surface area contributed by atoms with Crippen LogP contribution in [0.1, 0.15) is 52.4 Å². The molecule has 0 aromatic heterocycles. The van der Waals surface area contributed by atoms with Crippen molar-refractivity contribution >= 4 is 0 Å². The topological polar surface area (TPSA) is 60.7 Å². The van der Waals surface area contributed by atoms with Crippen LogP contribution < -0.4 is 0 Å². The zero-order chi connectivity index (χ0) is 15.2.